The lowest BCUT2D eigenvalue weighted by atomic mass is 10.2. The predicted octanol–water partition coefficient (Wildman–Crippen LogP) is 1.39. The second kappa shape index (κ2) is 8.47. The van der Waals surface area contributed by atoms with E-state index < -0.39 is 0 Å². The zero-order valence-corrected chi connectivity index (χ0v) is 14.2. The number of methoxy groups -OCH3 is 1. The number of aromatic nitrogens is 2. The Bertz CT molecular complexity index is 759. The maximum Gasteiger partial charge on any atom is 0.256 e. The number of carbonyl (C=O) groups is 1. The molecule has 0 aliphatic heterocycles. The minimum atomic E-state index is -0.354. The van der Waals surface area contributed by atoms with Crippen molar-refractivity contribution in [3.8, 4) is 5.75 Å². The molecular weight excluding hydrogens is 334 g/mol. The van der Waals surface area contributed by atoms with Crippen molar-refractivity contribution in [3.63, 3.8) is 0 Å². The van der Waals surface area contributed by atoms with Gasteiger partial charge in [0.2, 0.25) is 0 Å². The second-order valence-electron chi connectivity index (χ2n) is 5.01. The van der Waals surface area contributed by atoms with Crippen molar-refractivity contribution in [2.24, 2.45) is 7.05 Å². The Labute approximate surface area is 144 Å². The fourth-order valence-corrected chi connectivity index (χ4v) is 2.04. The molecule has 0 unspecified atom stereocenters. The van der Waals surface area contributed by atoms with Gasteiger partial charge in [-0.3, -0.25) is 9.59 Å². The first-order chi connectivity index (χ1) is 11.5. The molecule has 0 fully saturated rings. The summed E-state index contributed by atoms with van der Waals surface area (Å²) >= 11 is 5.73. The van der Waals surface area contributed by atoms with Gasteiger partial charge in [0, 0.05) is 39.2 Å². The fraction of sp³-hybridized carbons (Fsp3) is 0.312. The number of ether oxygens (including phenoxy) is 2. The summed E-state index contributed by atoms with van der Waals surface area (Å²) in [4.78, 5) is 28.1. The van der Waals surface area contributed by atoms with Gasteiger partial charge in [-0.15, -0.1) is 0 Å². The van der Waals surface area contributed by atoms with Crippen LogP contribution >= 0.6 is 11.6 Å². The van der Waals surface area contributed by atoms with E-state index in [2.05, 4.69) is 10.3 Å². The van der Waals surface area contributed by atoms with Crippen LogP contribution in [0.25, 0.3) is 0 Å². The smallest absolute Gasteiger partial charge is 0.256 e. The van der Waals surface area contributed by atoms with Gasteiger partial charge in [-0.1, -0.05) is 17.7 Å². The van der Waals surface area contributed by atoms with E-state index in [0.29, 0.717) is 11.8 Å². The number of pyridine rings is 2. The normalized spacial score (nSPS) is 10.5. The highest BCUT2D eigenvalue weighted by molar-refractivity contribution is 6.29. The molecule has 1 N–H and O–H groups in total. The van der Waals surface area contributed by atoms with Crippen LogP contribution in [0, 0.1) is 0 Å². The number of carbonyl (C=O) groups excluding carboxylic acids is 1. The summed E-state index contributed by atoms with van der Waals surface area (Å²) in [5.41, 5.74) is 0.815. The van der Waals surface area contributed by atoms with Gasteiger partial charge in [0.15, 0.2) is 0 Å². The maximum atomic E-state index is 12.4. The van der Waals surface area contributed by atoms with E-state index in [0.717, 1.165) is 5.56 Å². The summed E-state index contributed by atoms with van der Waals surface area (Å²) in [7, 11) is 3.11. The molecule has 0 atom stereocenters. The Hall–Kier alpha value is -2.38. The minimum absolute atomic E-state index is 0.224. The average molecular weight is 352 g/mol. The van der Waals surface area contributed by atoms with E-state index in [1.807, 2.05) is 0 Å². The number of hydrogen-bond donors (Lipinski definition) is 1. The van der Waals surface area contributed by atoms with Crippen molar-refractivity contribution in [1.29, 1.82) is 0 Å². The summed E-state index contributed by atoms with van der Waals surface area (Å²) in [6.07, 6.45) is 3.03. The highest BCUT2D eigenvalue weighted by atomic mass is 35.5. The Morgan fingerprint density at radius 2 is 2.17 bits per heavy atom. The number of nitrogens with one attached hydrogen (secondary N) is 1. The molecular formula is C16H18ClN3O4. The predicted molar refractivity (Wildman–Crippen MR) is 89.5 cm³/mol. The molecule has 2 aromatic rings. The van der Waals surface area contributed by atoms with Gasteiger partial charge in [-0.2, -0.15) is 0 Å². The van der Waals surface area contributed by atoms with E-state index in [4.69, 9.17) is 21.1 Å². The number of amides is 1. The number of aryl methyl sites for hydroxylation is 1. The Morgan fingerprint density at radius 1 is 1.38 bits per heavy atom. The molecule has 2 aromatic heterocycles. The molecule has 7 nitrogen and oxygen atoms in total. The lowest BCUT2D eigenvalue weighted by Gasteiger charge is -2.12. The number of nitrogens with zero attached hydrogens (tertiary/aromatic N) is 2. The molecule has 0 aliphatic carbocycles. The number of hydrogen-bond acceptors (Lipinski definition) is 5. The van der Waals surface area contributed by atoms with Crippen LogP contribution in [0.2, 0.25) is 5.15 Å². The minimum Gasteiger partial charge on any atom is -0.490 e. The van der Waals surface area contributed by atoms with E-state index in [1.54, 1.807) is 32.5 Å². The molecule has 1 amide bonds. The first kappa shape index (κ1) is 18.0. The molecule has 0 aliphatic rings. The summed E-state index contributed by atoms with van der Waals surface area (Å²) < 4.78 is 11.7. The molecule has 0 bridgehead atoms. The van der Waals surface area contributed by atoms with Gasteiger partial charge in [0.1, 0.15) is 17.5 Å². The van der Waals surface area contributed by atoms with Crippen LogP contribution in [0.5, 0.6) is 5.75 Å². The topological polar surface area (TPSA) is 82.5 Å². The van der Waals surface area contributed by atoms with E-state index in [9.17, 15) is 9.59 Å². The van der Waals surface area contributed by atoms with Crippen LogP contribution in [-0.2, 0) is 18.3 Å². The molecule has 0 aromatic carbocycles. The number of halogens is 1. The Balaban J connectivity index is 2.12. The van der Waals surface area contributed by atoms with Crippen LogP contribution in [-0.4, -0.2) is 35.8 Å². The molecule has 0 saturated heterocycles. The third kappa shape index (κ3) is 4.81. The molecule has 0 radical (unpaired) electrons. The molecule has 128 valence electrons. The van der Waals surface area contributed by atoms with Crippen LogP contribution in [0.3, 0.4) is 0 Å². The SMILES string of the molecule is COCCOc1cc(=O)n(C)cc1C(=O)NCc1ccc(Cl)nc1. The Morgan fingerprint density at radius 3 is 2.83 bits per heavy atom. The van der Waals surface area contributed by atoms with Gasteiger partial charge in [0.25, 0.3) is 11.5 Å². The summed E-state index contributed by atoms with van der Waals surface area (Å²) in [6, 6.07) is 4.70. The van der Waals surface area contributed by atoms with E-state index in [1.165, 1.54) is 16.8 Å². The summed E-state index contributed by atoms with van der Waals surface area (Å²) in [6.45, 7) is 0.876. The van der Waals surface area contributed by atoms with Crippen LogP contribution in [0.1, 0.15) is 15.9 Å². The molecule has 2 heterocycles. The van der Waals surface area contributed by atoms with Crippen molar-refractivity contribution < 1.29 is 14.3 Å². The van der Waals surface area contributed by atoms with Crippen molar-refractivity contribution in [1.82, 2.24) is 14.9 Å². The maximum absolute atomic E-state index is 12.4. The molecule has 0 spiro atoms. The zero-order chi connectivity index (χ0) is 17.5. The van der Waals surface area contributed by atoms with Crippen LogP contribution in [0.15, 0.2) is 35.4 Å². The monoisotopic (exact) mass is 351 g/mol. The first-order valence-electron chi connectivity index (χ1n) is 7.22. The van der Waals surface area contributed by atoms with Gasteiger partial charge >= 0.3 is 0 Å². The largest absolute Gasteiger partial charge is 0.490 e. The third-order valence-corrected chi connectivity index (χ3v) is 3.45. The van der Waals surface area contributed by atoms with Gasteiger partial charge < -0.3 is 19.4 Å². The van der Waals surface area contributed by atoms with Crippen LogP contribution in [0.4, 0.5) is 0 Å². The third-order valence-electron chi connectivity index (χ3n) is 3.22. The summed E-state index contributed by atoms with van der Waals surface area (Å²) in [5.74, 6) is -0.130. The lowest BCUT2D eigenvalue weighted by molar-refractivity contribution is 0.0942. The quantitative estimate of drug-likeness (QED) is 0.602. The highest BCUT2D eigenvalue weighted by Crippen LogP contribution is 2.16. The zero-order valence-electron chi connectivity index (χ0n) is 13.4. The van der Waals surface area contributed by atoms with E-state index in [-0.39, 0.29) is 35.9 Å². The van der Waals surface area contributed by atoms with Crippen LogP contribution < -0.4 is 15.6 Å². The van der Waals surface area contributed by atoms with Crippen molar-refractivity contribution in [3.05, 3.63) is 57.2 Å². The van der Waals surface area contributed by atoms with Crippen molar-refractivity contribution in [2.75, 3.05) is 20.3 Å². The summed E-state index contributed by atoms with van der Waals surface area (Å²) in [5, 5.41) is 3.15. The molecule has 8 heteroatoms. The number of rotatable bonds is 7. The van der Waals surface area contributed by atoms with Crippen molar-refractivity contribution >= 4 is 17.5 Å². The van der Waals surface area contributed by atoms with Gasteiger partial charge in [-0.05, 0) is 11.6 Å². The van der Waals surface area contributed by atoms with Gasteiger partial charge in [-0.25, -0.2) is 4.98 Å². The Kier molecular flexibility index (Phi) is 6.34. The van der Waals surface area contributed by atoms with Crippen molar-refractivity contribution in [2.45, 2.75) is 6.54 Å². The molecule has 0 saturated carbocycles. The fourth-order valence-electron chi connectivity index (χ4n) is 1.93. The molecule has 24 heavy (non-hydrogen) atoms. The van der Waals surface area contributed by atoms with Gasteiger partial charge in [0.05, 0.1) is 12.2 Å². The highest BCUT2D eigenvalue weighted by Gasteiger charge is 2.15. The average Bonchev–Trinajstić information content (AvgIpc) is 2.57. The first-order valence-corrected chi connectivity index (χ1v) is 7.60. The molecule has 2 rings (SSSR count). The van der Waals surface area contributed by atoms with E-state index >= 15 is 0 Å². The lowest BCUT2D eigenvalue weighted by Crippen LogP contribution is -2.27. The standard InChI is InChI=1S/C16H18ClN3O4/c1-20-10-12(13(7-15(20)21)24-6-5-23-2)16(22)19-9-11-3-4-14(17)18-8-11/h3-4,7-8,10H,5-6,9H2,1-2H3,(H,19,22). The second-order valence-corrected chi connectivity index (χ2v) is 5.40.